The van der Waals surface area contributed by atoms with Gasteiger partial charge in [0.05, 0.1) is 17.2 Å². The van der Waals surface area contributed by atoms with E-state index >= 15 is 0 Å². The van der Waals surface area contributed by atoms with E-state index < -0.39 is 10.8 Å². The number of hydrogen-bond donors (Lipinski definition) is 1. The van der Waals surface area contributed by atoms with Crippen LogP contribution in [0.4, 0.5) is 17.2 Å². The van der Waals surface area contributed by atoms with Crippen LogP contribution in [-0.2, 0) is 6.54 Å². The van der Waals surface area contributed by atoms with E-state index in [1.165, 1.54) is 6.07 Å². The summed E-state index contributed by atoms with van der Waals surface area (Å²) in [6.07, 6.45) is 2.04. The summed E-state index contributed by atoms with van der Waals surface area (Å²) in [6, 6.07) is 16.3. The van der Waals surface area contributed by atoms with Crippen molar-refractivity contribution in [1.29, 1.82) is 0 Å². The molecule has 0 bridgehead atoms. The van der Waals surface area contributed by atoms with Crippen molar-refractivity contribution in [2.45, 2.75) is 26.3 Å². The number of carbonyl (C=O) groups is 1. The number of nitrogens with one attached hydrogen (secondary N) is 1. The predicted octanol–water partition coefficient (Wildman–Crippen LogP) is 4.00. The van der Waals surface area contributed by atoms with Crippen LogP contribution >= 0.6 is 0 Å². The van der Waals surface area contributed by atoms with Gasteiger partial charge in [-0.2, -0.15) is 5.10 Å². The van der Waals surface area contributed by atoms with Crippen LogP contribution in [0.2, 0.25) is 0 Å². The molecule has 8 heteroatoms. The van der Waals surface area contributed by atoms with Crippen LogP contribution in [0.3, 0.4) is 0 Å². The monoisotopic (exact) mass is 405 g/mol. The number of nitro benzene ring substituents is 1. The van der Waals surface area contributed by atoms with Crippen molar-refractivity contribution < 1.29 is 9.72 Å². The lowest BCUT2D eigenvalue weighted by Gasteiger charge is -2.18. The molecule has 1 aromatic heterocycles. The molecule has 0 atom stereocenters. The second-order valence-electron chi connectivity index (χ2n) is 7.42. The molecule has 0 unspecified atom stereocenters. The number of aromatic nitrogens is 2. The van der Waals surface area contributed by atoms with Crippen LogP contribution < -0.4 is 10.2 Å². The Morgan fingerprint density at radius 1 is 1.13 bits per heavy atom. The minimum atomic E-state index is -0.422. The van der Waals surface area contributed by atoms with E-state index in [2.05, 4.69) is 10.4 Å². The number of carbonyl (C=O) groups excluding carboxylic acids is 1. The maximum absolute atomic E-state index is 12.8. The van der Waals surface area contributed by atoms with Crippen LogP contribution in [-0.4, -0.2) is 33.7 Å². The highest BCUT2D eigenvalue weighted by atomic mass is 16.6. The lowest BCUT2D eigenvalue weighted by atomic mass is 10.1. The first kappa shape index (κ1) is 19.6. The fourth-order valence-corrected chi connectivity index (χ4v) is 3.75. The third kappa shape index (κ3) is 4.17. The highest BCUT2D eigenvalue weighted by Crippen LogP contribution is 2.32. The average molecular weight is 405 g/mol. The highest BCUT2D eigenvalue weighted by Gasteiger charge is 2.24. The number of anilines is 2. The highest BCUT2D eigenvalue weighted by molar-refractivity contribution is 6.04. The molecule has 8 nitrogen and oxygen atoms in total. The van der Waals surface area contributed by atoms with Gasteiger partial charge in [-0.15, -0.1) is 0 Å². The van der Waals surface area contributed by atoms with Gasteiger partial charge in [0.1, 0.15) is 11.5 Å². The summed E-state index contributed by atoms with van der Waals surface area (Å²) in [6.45, 7) is 3.96. The summed E-state index contributed by atoms with van der Waals surface area (Å²) in [4.78, 5) is 26.0. The molecule has 0 saturated carbocycles. The normalized spacial score (nSPS) is 13.4. The quantitative estimate of drug-likeness (QED) is 0.494. The van der Waals surface area contributed by atoms with Crippen LogP contribution in [0, 0.1) is 17.0 Å². The molecule has 1 amide bonds. The topological polar surface area (TPSA) is 93.3 Å². The Hall–Kier alpha value is -3.68. The summed E-state index contributed by atoms with van der Waals surface area (Å²) < 4.78 is 1.72. The SMILES string of the molecule is Cc1cc(NC(=O)c2ccc(N3CCCC3)c([N+](=O)[O-])c2)n(Cc2ccccc2)n1. The van der Waals surface area contributed by atoms with E-state index in [-0.39, 0.29) is 11.3 Å². The maximum atomic E-state index is 12.8. The maximum Gasteiger partial charge on any atom is 0.293 e. The summed E-state index contributed by atoms with van der Waals surface area (Å²) in [5.41, 5.74) is 2.60. The number of aryl methyl sites for hydroxylation is 1. The Kier molecular flexibility index (Phi) is 5.47. The van der Waals surface area contributed by atoms with Crippen LogP contribution in [0.15, 0.2) is 54.6 Å². The van der Waals surface area contributed by atoms with Crippen LogP contribution in [0.1, 0.15) is 34.5 Å². The Morgan fingerprint density at radius 2 is 1.87 bits per heavy atom. The number of rotatable bonds is 6. The molecule has 2 aromatic carbocycles. The lowest BCUT2D eigenvalue weighted by molar-refractivity contribution is -0.384. The molecule has 0 spiro atoms. The second-order valence-corrected chi connectivity index (χ2v) is 7.42. The zero-order valence-corrected chi connectivity index (χ0v) is 16.7. The van der Waals surface area contributed by atoms with E-state index in [4.69, 9.17) is 0 Å². The predicted molar refractivity (Wildman–Crippen MR) is 115 cm³/mol. The zero-order chi connectivity index (χ0) is 21.1. The molecule has 1 fully saturated rings. The fourth-order valence-electron chi connectivity index (χ4n) is 3.75. The summed E-state index contributed by atoms with van der Waals surface area (Å²) in [7, 11) is 0. The molecule has 154 valence electrons. The van der Waals surface area contributed by atoms with Crippen LogP contribution in [0.5, 0.6) is 0 Å². The Morgan fingerprint density at radius 3 is 2.57 bits per heavy atom. The largest absolute Gasteiger partial charge is 0.366 e. The van der Waals surface area contributed by atoms with Gasteiger partial charge in [-0.25, -0.2) is 4.68 Å². The third-order valence-corrected chi connectivity index (χ3v) is 5.20. The summed E-state index contributed by atoms with van der Waals surface area (Å²) in [5.74, 6) is 0.146. The van der Waals surface area contributed by atoms with E-state index in [1.54, 1.807) is 22.9 Å². The van der Waals surface area contributed by atoms with Gasteiger partial charge in [0.15, 0.2) is 0 Å². The molecule has 30 heavy (non-hydrogen) atoms. The van der Waals surface area contributed by atoms with Crippen molar-refractivity contribution in [3.63, 3.8) is 0 Å². The van der Waals surface area contributed by atoms with Crippen LogP contribution in [0.25, 0.3) is 0 Å². The Labute approximate surface area is 174 Å². The number of hydrogen-bond acceptors (Lipinski definition) is 5. The molecule has 4 rings (SSSR count). The number of nitro groups is 1. The lowest BCUT2D eigenvalue weighted by Crippen LogP contribution is -2.20. The van der Waals surface area contributed by atoms with Crippen molar-refractivity contribution >= 4 is 23.1 Å². The molecule has 3 aromatic rings. The van der Waals surface area contributed by atoms with Crippen molar-refractivity contribution in [2.75, 3.05) is 23.3 Å². The van der Waals surface area contributed by atoms with Gasteiger partial charge in [-0.3, -0.25) is 14.9 Å². The van der Waals surface area contributed by atoms with Crippen molar-refractivity contribution in [3.8, 4) is 0 Å². The zero-order valence-electron chi connectivity index (χ0n) is 16.7. The van der Waals surface area contributed by atoms with Gasteiger partial charge in [-0.05, 0) is 37.5 Å². The van der Waals surface area contributed by atoms with Gasteiger partial charge < -0.3 is 10.2 Å². The van der Waals surface area contributed by atoms with Crippen molar-refractivity contribution in [3.05, 3.63) is 81.5 Å². The summed E-state index contributed by atoms with van der Waals surface area (Å²) in [5, 5.41) is 18.9. The van der Waals surface area contributed by atoms with Crippen molar-refractivity contribution in [2.24, 2.45) is 0 Å². The second kappa shape index (κ2) is 8.36. The molecule has 1 saturated heterocycles. The molecule has 0 aliphatic carbocycles. The minimum absolute atomic E-state index is 0.0430. The molecule has 2 heterocycles. The van der Waals surface area contributed by atoms with E-state index in [0.717, 1.165) is 37.2 Å². The molecule has 0 radical (unpaired) electrons. The number of benzene rings is 2. The molecular weight excluding hydrogens is 382 g/mol. The van der Waals surface area contributed by atoms with Gasteiger partial charge in [0, 0.05) is 30.8 Å². The first-order valence-electron chi connectivity index (χ1n) is 9.94. The molecule has 1 aliphatic heterocycles. The molecule has 1 N–H and O–H groups in total. The van der Waals surface area contributed by atoms with Crippen molar-refractivity contribution in [1.82, 2.24) is 9.78 Å². The Bertz CT molecular complexity index is 1070. The fraction of sp³-hybridized carbons (Fsp3) is 0.273. The molecule has 1 aliphatic rings. The van der Waals surface area contributed by atoms with E-state index in [9.17, 15) is 14.9 Å². The van der Waals surface area contributed by atoms with Gasteiger partial charge in [0.25, 0.3) is 11.6 Å². The van der Waals surface area contributed by atoms with Gasteiger partial charge in [0.2, 0.25) is 0 Å². The van der Waals surface area contributed by atoms with Gasteiger partial charge in [-0.1, -0.05) is 30.3 Å². The number of amides is 1. The third-order valence-electron chi connectivity index (χ3n) is 5.20. The number of nitrogens with zero attached hydrogens (tertiary/aromatic N) is 4. The molecular formula is C22H23N5O3. The summed E-state index contributed by atoms with van der Waals surface area (Å²) >= 11 is 0. The smallest absolute Gasteiger partial charge is 0.293 e. The average Bonchev–Trinajstić information content (AvgIpc) is 3.38. The first-order chi connectivity index (χ1) is 14.5. The first-order valence-corrected chi connectivity index (χ1v) is 9.94. The Balaban J connectivity index is 1.57. The van der Waals surface area contributed by atoms with E-state index in [0.29, 0.717) is 18.1 Å². The van der Waals surface area contributed by atoms with Gasteiger partial charge >= 0.3 is 0 Å². The standard InChI is InChI=1S/C22H23N5O3/c1-16-13-21(26(24-16)15-17-7-3-2-4-8-17)23-22(28)18-9-10-19(20(14-18)27(29)30)25-11-5-6-12-25/h2-4,7-10,13-14H,5-6,11-12,15H2,1H3,(H,23,28). The minimum Gasteiger partial charge on any atom is -0.366 e. The van der Waals surface area contributed by atoms with E-state index in [1.807, 2.05) is 42.2 Å².